The Labute approximate surface area is 180 Å². The van der Waals surface area contributed by atoms with Crippen LogP contribution in [-0.4, -0.2) is 68.2 Å². The molecule has 0 saturated carbocycles. The van der Waals surface area contributed by atoms with E-state index in [0.29, 0.717) is 44.2 Å². The van der Waals surface area contributed by atoms with E-state index in [0.717, 1.165) is 16.7 Å². The molecule has 2 aromatic rings. The Balaban J connectivity index is 1.54. The zero-order valence-electron chi connectivity index (χ0n) is 18.3. The van der Waals surface area contributed by atoms with Crippen molar-refractivity contribution in [3.63, 3.8) is 0 Å². The molecule has 7 heteroatoms. The smallest absolute Gasteiger partial charge is 0.243 e. The van der Waals surface area contributed by atoms with Crippen LogP contribution < -0.4 is 0 Å². The minimum absolute atomic E-state index is 0.0426. The van der Waals surface area contributed by atoms with E-state index in [4.69, 9.17) is 0 Å². The van der Waals surface area contributed by atoms with E-state index in [-0.39, 0.29) is 5.91 Å². The predicted octanol–water partition coefficient (Wildman–Crippen LogP) is 2.58. The van der Waals surface area contributed by atoms with Gasteiger partial charge in [-0.05, 0) is 49.6 Å². The fourth-order valence-corrected chi connectivity index (χ4v) is 5.03. The summed E-state index contributed by atoms with van der Waals surface area (Å²) in [5.74, 6) is 0.0426. The second-order valence-corrected chi connectivity index (χ2v) is 10.1. The largest absolute Gasteiger partial charge is 0.340 e. The van der Waals surface area contributed by atoms with E-state index in [2.05, 4.69) is 0 Å². The number of carbonyl (C=O) groups excluding carboxylic acids is 1. The summed E-state index contributed by atoms with van der Waals surface area (Å²) < 4.78 is 27.4. The predicted molar refractivity (Wildman–Crippen MR) is 119 cm³/mol. The van der Waals surface area contributed by atoms with Gasteiger partial charge in [0.2, 0.25) is 15.9 Å². The summed E-state index contributed by atoms with van der Waals surface area (Å²) in [6.45, 7) is 8.69. The van der Waals surface area contributed by atoms with Gasteiger partial charge < -0.3 is 4.90 Å². The molecule has 1 amide bonds. The first-order chi connectivity index (χ1) is 14.2. The zero-order chi connectivity index (χ0) is 21.9. The molecule has 0 bridgehead atoms. The average molecular weight is 430 g/mol. The molecule has 1 fully saturated rings. The van der Waals surface area contributed by atoms with Crippen molar-refractivity contribution in [2.75, 3.05) is 39.8 Å². The molecule has 1 aliphatic heterocycles. The molecule has 0 unspecified atom stereocenters. The minimum Gasteiger partial charge on any atom is -0.340 e. The number of carbonyl (C=O) groups is 1. The normalized spacial score (nSPS) is 15.9. The van der Waals surface area contributed by atoms with Gasteiger partial charge in [0, 0.05) is 39.8 Å². The fourth-order valence-electron chi connectivity index (χ4n) is 3.52. The highest BCUT2D eigenvalue weighted by molar-refractivity contribution is 7.89. The molecule has 0 N–H and O–H groups in total. The Kier molecular flexibility index (Phi) is 6.95. The van der Waals surface area contributed by atoms with Crippen LogP contribution in [0.1, 0.15) is 22.3 Å². The van der Waals surface area contributed by atoms with Gasteiger partial charge in [-0.2, -0.15) is 4.31 Å². The third-order valence-corrected chi connectivity index (χ3v) is 7.67. The Hall–Kier alpha value is -2.22. The van der Waals surface area contributed by atoms with Crippen molar-refractivity contribution in [1.82, 2.24) is 14.1 Å². The van der Waals surface area contributed by atoms with Crippen molar-refractivity contribution < 1.29 is 13.2 Å². The SMILES string of the molecule is Cc1ccc(CN(C)C(=O)CN2CCN(S(=O)(=O)c3ccc(C)c(C)c3)CC2)cc1. The van der Waals surface area contributed by atoms with Crippen molar-refractivity contribution in [3.8, 4) is 0 Å². The van der Waals surface area contributed by atoms with Crippen molar-refractivity contribution in [2.45, 2.75) is 32.2 Å². The number of aryl methyl sites for hydroxylation is 3. The zero-order valence-corrected chi connectivity index (χ0v) is 19.1. The molecule has 6 nitrogen and oxygen atoms in total. The van der Waals surface area contributed by atoms with Gasteiger partial charge in [0.1, 0.15) is 0 Å². The maximum Gasteiger partial charge on any atom is 0.243 e. The number of amides is 1. The summed E-state index contributed by atoms with van der Waals surface area (Å²) in [4.78, 5) is 16.7. The summed E-state index contributed by atoms with van der Waals surface area (Å²) in [6.07, 6.45) is 0. The van der Waals surface area contributed by atoms with Crippen molar-refractivity contribution >= 4 is 15.9 Å². The highest BCUT2D eigenvalue weighted by Gasteiger charge is 2.29. The maximum atomic E-state index is 12.9. The Morgan fingerprint density at radius 1 is 0.933 bits per heavy atom. The molecule has 0 spiro atoms. The second-order valence-electron chi connectivity index (χ2n) is 8.16. The van der Waals surface area contributed by atoms with Crippen molar-refractivity contribution in [2.24, 2.45) is 0 Å². The number of sulfonamides is 1. The van der Waals surface area contributed by atoms with Gasteiger partial charge in [-0.15, -0.1) is 0 Å². The van der Waals surface area contributed by atoms with Gasteiger partial charge >= 0.3 is 0 Å². The van der Waals surface area contributed by atoms with Crippen molar-refractivity contribution in [1.29, 1.82) is 0 Å². The molecule has 0 atom stereocenters. The number of benzene rings is 2. The number of nitrogens with zero attached hydrogens (tertiary/aromatic N) is 3. The average Bonchev–Trinajstić information content (AvgIpc) is 2.72. The molecule has 1 saturated heterocycles. The molecule has 0 radical (unpaired) electrons. The lowest BCUT2D eigenvalue weighted by atomic mass is 10.1. The van der Waals surface area contributed by atoms with Crippen LogP contribution in [0.4, 0.5) is 0 Å². The quantitative estimate of drug-likeness (QED) is 0.708. The minimum atomic E-state index is -3.50. The summed E-state index contributed by atoms with van der Waals surface area (Å²) >= 11 is 0. The Morgan fingerprint density at radius 3 is 2.17 bits per heavy atom. The first-order valence-electron chi connectivity index (χ1n) is 10.3. The van der Waals surface area contributed by atoms with E-state index in [1.165, 1.54) is 9.87 Å². The third-order valence-electron chi connectivity index (χ3n) is 5.77. The van der Waals surface area contributed by atoms with Crippen LogP contribution in [0, 0.1) is 20.8 Å². The number of likely N-dealkylation sites (N-methyl/N-ethyl adjacent to an activating group) is 1. The number of hydrogen-bond acceptors (Lipinski definition) is 4. The lowest BCUT2D eigenvalue weighted by Crippen LogP contribution is -2.51. The van der Waals surface area contributed by atoms with E-state index in [1.54, 1.807) is 17.0 Å². The number of hydrogen-bond donors (Lipinski definition) is 0. The van der Waals surface area contributed by atoms with Gasteiger partial charge in [-0.1, -0.05) is 35.9 Å². The topological polar surface area (TPSA) is 60.9 Å². The van der Waals surface area contributed by atoms with E-state index in [9.17, 15) is 13.2 Å². The van der Waals surface area contributed by atoms with Crippen LogP contribution in [0.3, 0.4) is 0 Å². The molecule has 0 aromatic heterocycles. The Morgan fingerprint density at radius 2 is 1.57 bits per heavy atom. The molecule has 2 aromatic carbocycles. The highest BCUT2D eigenvalue weighted by Crippen LogP contribution is 2.20. The number of piperazine rings is 1. The van der Waals surface area contributed by atoms with Crippen LogP contribution in [0.5, 0.6) is 0 Å². The molecule has 0 aliphatic carbocycles. The summed E-state index contributed by atoms with van der Waals surface area (Å²) in [5, 5.41) is 0. The van der Waals surface area contributed by atoms with Crippen LogP contribution in [0.15, 0.2) is 47.4 Å². The van der Waals surface area contributed by atoms with Crippen LogP contribution in [-0.2, 0) is 21.4 Å². The van der Waals surface area contributed by atoms with Crippen LogP contribution in [0.2, 0.25) is 0 Å². The summed E-state index contributed by atoms with van der Waals surface area (Å²) in [7, 11) is -1.69. The highest BCUT2D eigenvalue weighted by atomic mass is 32.2. The monoisotopic (exact) mass is 429 g/mol. The van der Waals surface area contributed by atoms with Gasteiger partial charge in [0.15, 0.2) is 0 Å². The molecular weight excluding hydrogens is 398 g/mol. The third kappa shape index (κ3) is 5.28. The Bertz CT molecular complexity index is 995. The first kappa shape index (κ1) is 22.5. The standard InChI is InChI=1S/C23H31N3O3S/c1-18-5-8-21(9-6-18)16-24(4)23(27)17-25-11-13-26(14-12-25)30(28,29)22-10-7-19(2)20(3)15-22/h5-10,15H,11-14,16-17H2,1-4H3. The van der Waals surface area contributed by atoms with Crippen LogP contribution in [0.25, 0.3) is 0 Å². The second kappa shape index (κ2) is 9.29. The van der Waals surface area contributed by atoms with Gasteiger partial charge in [-0.3, -0.25) is 9.69 Å². The maximum absolute atomic E-state index is 12.9. The molecule has 162 valence electrons. The van der Waals surface area contributed by atoms with Crippen molar-refractivity contribution in [3.05, 3.63) is 64.7 Å². The molecule has 30 heavy (non-hydrogen) atoms. The lowest BCUT2D eigenvalue weighted by Gasteiger charge is -2.34. The van der Waals surface area contributed by atoms with E-state index >= 15 is 0 Å². The lowest BCUT2D eigenvalue weighted by molar-refractivity contribution is -0.131. The van der Waals surface area contributed by atoms with Crippen LogP contribution >= 0.6 is 0 Å². The van der Waals surface area contributed by atoms with Gasteiger partial charge in [-0.25, -0.2) is 8.42 Å². The van der Waals surface area contributed by atoms with E-state index in [1.807, 2.05) is 63.1 Å². The van der Waals surface area contributed by atoms with Gasteiger partial charge in [0.05, 0.1) is 11.4 Å². The van der Waals surface area contributed by atoms with Gasteiger partial charge in [0.25, 0.3) is 0 Å². The summed E-state index contributed by atoms with van der Waals surface area (Å²) in [5.41, 5.74) is 4.34. The van der Waals surface area contributed by atoms with E-state index < -0.39 is 10.0 Å². The summed E-state index contributed by atoms with van der Waals surface area (Å²) in [6, 6.07) is 13.4. The number of rotatable bonds is 6. The fraction of sp³-hybridized carbons (Fsp3) is 0.435. The molecule has 1 aliphatic rings. The molecular formula is C23H31N3O3S. The first-order valence-corrected chi connectivity index (χ1v) is 11.7. The molecule has 1 heterocycles. The molecule has 3 rings (SSSR count).